The number of hydrogen-bond acceptors (Lipinski definition) is 2. The SMILES string of the molecule is CCCCC(C)C(=O)CC(C)=O. The molecule has 12 heavy (non-hydrogen) atoms. The topological polar surface area (TPSA) is 34.1 Å². The predicted octanol–water partition coefficient (Wildman–Crippen LogP) is 2.36. The Morgan fingerprint density at radius 3 is 2.33 bits per heavy atom. The summed E-state index contributed by atoms with van der Waals surface area (Å²) in [4.78, 5) is 21.9. The molecule has 1 unspecified atom stereocenters. The molecule has 0 saturated heterocycles. The first kappa shape index (κ1) is 11.3. The van der Waals surface area contributed by atoms with Crippen molar-refractivity contribution in [1.82, 2.24) is 0 Å². The molecule has 0 amide bonds. The Kier molecular flexibility index (Phi) is 5.60. The van der Waals surface area contributed by atoms with Gasteiger partial charge in [0.15, 0.2) is 0 Å². The van der Waals surface area contributed by atoms with E-state index in [0.717, 1.165) is 19.3 Å². The van der Waals surface area contributed by atoms with Gasteiger partial charge < -0.3 is 0 Å². The molecule has 0 aliphatic rings. The third-order valence-corrected chi connectivity index (χ3v) is 1.96. The summed E-state index contributed by atoms with van der Waals surface area (Å²) in [7, 11) is 0. The molecule has 0 rings (SSSR count). The minimum atomic E-state index is -0.0247. The minimum Gasteiger partial charge on any atom is -0.300 e. The zero-order valence-corrected chi connectivity index (χ0v) is 8.22. The van der Waals surface area contributed by atoms with Gasteiger partial charge in [0.2, 0.25) is 0 Å². The third kappa shape index (κ3) is 5.05. The molecule has 0 bridgehead atoms. The van der Waals surface area contributed by atoms with E-state index in [-0.39, 0.29) is 23.9 Å². The number of hydrogen-bond donors (Lipinski definition) is 0. The standard InChI is InChI=1S/C10H18O2/c1-4-5-6-8(2)10(12)7-9(3)11/h8H,4-7H2,1-3H3. The van der Waals surface area contributed by atoms with Crippen LogP contribution in [0.15, 0.2) is 0 Å². The molecule has 0 aromatic rings. The molecule has 0 aromatic carbocycles. The summed E-state index contributed by atoms with van der Waals surface area (Å²) >= 11 is 0. The highest BCUT2D eigenvalue weighted by Gasteiger charge is 2.13. The van der Waals surface area contributed by atoms with Gasteiger partial charge in [0.1, 0.15) is 11.6 Å². The number of Topliss-reactive ketones (excluding diaryl/α,β-unsaturated/α-hetero) is 2. The van der Waals surface area contributed by atoms with Crippen LogP contribution in [0.2, 0.25) is 0 Å². The van der Waals surface area contributed by atoms with Crippen LogP contribution in [0.4, 0.5) is 0 Å². The third-order valence-electron chi connectivity index (χ3n) is 1.96. The van der Waals surface area contributed by atoms with E-state index in [0.29, 0.717) is 0 Å². The Balaban J connectivity index is 3.69. The number of carbonyl (C=O) groups excluding carboxylic acids is 2. The van der Waals surface area contributed by atoms with E-state index in [9.17, 15) is 9.59 Å². The van der Waals surface area contributed by atoms with Crippen LogP contribution < -0.4 is 0 Å². The Bertz CT molecular complexity index is 161. The van der Waals surface area contributed by atoms with E-state index >= 15 is 0 Å². The van der Waals surface area contributed by atoms with E-state index in [2.05, 4.69) is 6.92 Å². The Morgan fingerprint density at radius 1 is 1.33 bits per heavy atom. The molecule has 2 heteroatoms. The first-order valence-corrected chi connectivity index (χ1v) is 4.60. The van der Waals surface area contributed by atoms with Gasteiger partial charge in [-0.15, -0.1) is 0 Å². The average Bonchev–Trinajstić information content (AvgIpc) is 1.98. The zero-order valence-electron chi connectivity index (χ0n) is 8.22. The van der Waals surface area contributed by atoms with Crippen LogP contribution in [0.25, 0.3) is 0 Å². The van der Waals surface area contributed by atoms with E-state index in [1.807, 2.05) is 6.92 Å². The molecule has 0 radical (unpaired) electrons. The number of rotatable bonds is 6. The lowest BCUT2D eigenvalue weighted by Crippen LogP contribution is -2.13. The van der Waals surface area contributed by atoms with E-state index in [1.165, 1.54) is 6.92 Å². The van der Waals surface area contributed by atoms with Crippen molar-refractivity contribution in [3.8, 4) is 0 Å². The zero-order chi connectivity index (χ0) is 9.56. The predicted molar refractivity (Wildman–Crippen MR) is 49.0 cm³/mol. The van der Waals surface area contributed by atoms with E-state index < -0.39 is 0 Å². The molecule has 0 aromatic heterocycles. The first-order valence-electron chi connectivity index (χ1n) is 4.60. The fraction of sp³-hybridized carbons (Fsp3) is 0.800. The van der Waals surface area contributed by atoms with Gasteiger partial charge in [-0.2, -0.15) is 0 Å². The average molecular weight is 170 g/mol. The van der Waals surface area contributed by atoms with Gasteiger partial charge in [-0.1, -0.05) is 26.7 Å². The lowest BCUT2D eigenvalue weighted by atomic mass is 9.96. The highest BCUT2D eigenvalue weighted by molar-refractivity contribution is 5.98. The van der Waals surface area contributed by atoms with Crippen molar-refractivity contribution < 1.29 is 9.59 Å². The lowest BCUT2D eigenvalue weighted by molar-refractivity contribution is -0.128. The van der Waals surface area contributed by atoms with Crippen molar-refractivity contribution in [2.24, 2.45) is 5.92 Å². The molecule has 1 atom stereocenters. The molecule has 0 spiro atoms. The molecule has 0 heterocycles. The van der Waals surface area contributed by atoms with Gasteiger partial charge in [-0.25, -0.2) is 0 Å². The van der Waals surface area contributed by atoms with Crippen LogP contribution in [-0.2, 0) is 9.59 Å². The summed E-state index contributed by atoms with van der Waals surface area (Å²) in [6.45, 7) is 5.47. The van der Waals surface area contributed by atoms with E-state index in [1.54, 1.807) is 0 Å². The summed E-state index contributed by atoms with van der Waals surface area (Å²) in [5.41, 5.74) is 0. The second-order valence-corrected chi connectivity index (χ2v) is 3.39. The van der Waals surface area contributed by atoms with Crippen molar-refractivity contribution in [1.29, 1.82) is 0 Å². The summed E-state index contributed by atoms with van der Waals surface area (Å²) in [5.74, 6) is 0.133. The molecular weight excluding hydrogens is 152 g/mol. The van der Waals surface area contributed by atoms with Crippen molar-refractivity contribution in [2.75, 3.05) is 0 Å². The summed E-state index contributed by atoms with van der Waals surface area (Å²) in [6, 6.07) is 0. The quantitative estimate of drug-likeness (QED) is 0.573. The number of unbranched alkanes of at least 4 members (excludes halogenated alkanes) is 1. The number of carbonyl (C=O) groups is 2. The molecule has 0 fully saturated rings. The van der Waals surface area contributed by atoms with Gasteiger partial charge in [-0.05, 0) is 13.3 Å². The molecule has 70 valence electrons. The second kappa shape index (κ2) is 5.92. The van der Waals surface area contributed by atoms with Crippen molar-refractivity contribution >= 4 is 11.6 Å². The maximum absolute atomic E-state index is 11.2. The smallest absolute Gasteiger partial charge is 0.143 e. The van der Waals surface area contributed by atoms with Crippen LogP contribution in [0.5, 0.6) is 0 Å². The Labute approximate surface area is 74.3 Å². The summed E-state index contributed by atoms with van der Waals surface area (Å²) in [6.07, 6.45) is 3.22. The van der Waals surface area contributed by atoms with Crippen molar-refractivity contribution in [3.05, 3.63) is 0 Å². The lowest BCUT2D eigenvalue weighted by Gasteiger charge is -2.07. The van der Waals surface area contributed by atoms with E-state index in [4.69, 9.17) is 0 Å². The maximum Gasteiger partial charge on any atom is 0.143 e. The monoisotopic (exact) mass is 170 g/mol. The normalized spacial score (nSPS) is 12.6. The second-order valence-electron chi connectivity index (χ2n) is 3.39. The summed E-state index contributed by atoms with van der Waals surface area (Å²) < 4.78 is 0. The van der Waals surface area contributed by atoms with Gasteiger partial charge >= 0.3 is 0 Å². The molecule has 0 saturated carbocycles. The fourth-order valence-electron chi connectivity index (χ4n) is 1.09. The molecule has 0 aliphatic heterocycles. The van der Waals surface area contributed by atoms with Crippen LogP contribution in [-0.4, -0.2) is 11.6 Å². The van der Waals surface area contributed by atoms with Crippen LogP contribution in [0.1, 0.15) is 46.5 Å². The van der Waals surface area contributed by atoms with Gasteiger partial charge in [0.25, 0.3) is 0 Å². The molecule has 0 N–H and O–H groups in total. The van der Waals surface area contributed by atoms with Crippen LogP contribution >= 0.6 is 0 Å². The van der Waals surface area contributed by atoms with Crippen molar-refractivity contribution in [2.45, 2.75) is 46.5 Å². The highest BCUT2D eigenvalue weighted by Crippen LogP contribution is 2.10. The fourth-order valence-corrected chi connectivity index (χ4v) is 1.09. The molecular formula is C10H18O2. The van der Waals surface area contributed by atoms with Crippen molar-refractivity contribution in [3.63, 3.8) is 0 Å². The van der Waals surface area contributed by atoms with Gasteiger partial charge in [-0.3, -0.25) is 9.59 Å². The maximum atomic E-state index is 11.2. The largest absolute Gasteiger partial charge is 0.300 e. The minimum absolute atomic E-state index is 0.0247. The molecule has 0 aliphatic carbocycles. The van der Waals surface area contributed by atoms with Crippen LogP contribution in [0.3, 0.4) is 0 Å². The van der Waals surface area contributed by atoms with Gasteiger partial charge in [0.05, 0.1) is 6.42 Å². The number of ketones is 2. The Hall–Kier alpha value is -0.660. The Morgan fingerprint density at radius 2 is 1.92 bits per heavy atom. The summed E-state index contributed by atoms with van der Waals surface area (Å²) in [5, 5.41) is 0. The molecule has 2 nitrogen and oxygen atoms in total. The van der Waals surface area contributed by atoms with Gasteiger partial charge in [0, 0.05) is 5.92 Å². The van der Waals surface area contributed by atoms with Crippen LogP contribution in [0, 0.1) is 5.92 Å². The first-order chi connectivity index (χ1) is 5.57. The highest BCUT2D eigenvalue weighted by atomic mass is 16.1.